The highest BCUT2D eigenvalue weighted by Gasteiger charge is 2.20. The summed E-state index contributed by atoms with van der Waals surface area (Å²) in [6.45, 7) is 0. The van der Waals surface area contributed by atoms with Crippen molar-refractivity contribution in [2.24, 2.45) is 0 Å². The minimum Gasteiger partial charge on any atom is -0.478 e. The molecule has 0 aliphatic heterocycles. The largest absolute Gasteiger partial charge is 0.478 e. The Morgan fingerprint density at radius 2 is 1.95 bits per heavy atom. The van der Waals surface area contributed by atoms with Crippen LogP contribution in [0.25, 0.3) is 6.08 Å². The van der Waals surface area contributed by atoms with Crippen molar-refractivity contribution < 1.29 is 19.4 Å². The molecule has 1 aromatic carbocycles. The number of hydrogen-bond donors (Lipinski definition) is 2. The zero-order valence-electron chi connectivity index (χ0n) is 10.4. The molecule has 1 heterocycles. The molecule has 0 saturated carbocycles. The molecular weight excluding hydrogens is 261 g/mol. The first kappa shape index (κ1) is 13.9. The fraction of sp³-hybridized carbons (Fsp3) is 0.0667. The second kappa shape index (κ2) is 6.08. The number of nitrogens with zero attached hydrogens (tertiary/aromatic N) is 1. The summed E-state index contributed by atoms with van der Waals surface area (Å²) in [6.07, 6.45) is 2.93. The lowest BCUT2D eigenvalue weighted by atomic mass is 10.0. The van der Waals surface area contributed by atoms with Crippen LogP contribution in [0.4, 0.5) is 4.39 Å². The summed E-state index contributed by atoms with van der Waals surface area (Å²) in [7, 11) is 0. The third-order valence-electron chi connectivity index (χ3n) is 2.73. The molecule has 2 aromatic rings. The standard InChI is InChI=1S/C15H12FNO3/c16-12-5-3-10(4-6-12)8-13(15(19)20)14(18)11-2-1-7-17-9-11/h1-9,14,18H,(H,19,20). The summed E-state index contributed by atoms with van der Waals surface area (Å²) in [5.41, 5.74) is 0.666. The van der Waals surface area contributed by atoms with Crippen LogP contribution in [0, 0.1) is 5.82 Å². The Morgan fingerprint density at radius 3 is 2.50 bits per heavy atom. The molecule has 4 nitrogen and oxygen atoms in total. The van der Waals surface area contributed by atoms with Crippen molar-refractivity contribution in [1.29, 1.82) is 0 Å². The lowest BCUT2D eigenvalue weighted by molar-refractivity contribution is -0.133. The van der Waals surface area contributed by atoms with E-state index in [0.717, 1.165) is 0 Å². The number of hydrogen-bond acceptors (Lipinski definition) is 3. The summed E-state index contributed by atoms with van der Waals surface area (Å²) in [6, 6.07) is 8.51. The number of carboxylic acid groups (broad SMARTS) is 1. The van der Waals surface area contributed by atoms with Gasteiger partial charge in [0.2, 0.25) is 0 Å². The molecule has 2 rings (SSSR count). The molecule has 0 bridgehead atoms. The number of halogens is 1. The first-order chi connectivity index (χ1) is 9.58. The van der Waals surface area contributed by atoms with Crippen LogP contribution in [0.2, 0.25) is 0 Å². The van der Waals surface area contributed by atoms with Gasteiger partial charge in [-0.1, -0.05) is 18.2 Å². The van der Waals surface area contributed by atoms with Crippen LogP contribution >= 0.6 is 0 Å². The van der Waals surface area contributed by atoms with Crippen molar-refractivity contribution in [1.82, 2.24) is 4.98 Å². The maximum absolute atomic E-state index is 12.8. The molecule has 5 heteroatoms. The van der Waals surface area contributed by atoms with Crippen molar-refractivity contribution >= 4 is 12.0 Å². The number of aliphatic carboxylic acids is 1. The van der Waals surface area contributed by atoms with Crippen molar-refractivity contribution in [3.8, 4) is 0 Å². The third-order valence-corrected chi connectivity index (χ3v) is 2.73. The number of rotatable bonds is 4. The Morgan fingerprint density at radius 1 is 1.25 bits per heavy atom. The van der Waals surface area contributed by atoms with Gasteiger partial charge in [-0.25, -0.2) is 9.18 Å². The zero-order chi connectivity index (χ0) is 14.5. The van der Waals surface area contributed by atoms with E-state index in [0.29, 0.717) is 11.1 Å². The van der Waals surface area contributed by atoms with Crippen LogP contribution < -0.4 is 0 Å². The summed E-state index contributed by atoms with van der Waals surface area (Å²) in [5.74, 6) is -1.66. The molecule has 0 radical (unpaired) electrons. The van der Waals surface area contributed by atoms with Crippen molar-refractivity contribution in [2.45, 2.75) is 6.10 Å². The number of carbonyl (C=O) groups is 1. The average Bonchev–Trinajstić information content (AvgIpc) is 2.46. The van der Waals surface area contributed by atoms with Gasteiger partial charge in [0.05, 0.1) is 5.57 Å². The molecule has 102 valence electrons. The molecule has 0 aliphatic carbocycles. The van der Waals surface area contributed by atoms with Crippen molar-refractivity contribution in [2.75, 3.05) is 0 Å². The SMILES string of the molecule is O=C(O)C(=Cc1ccc(F)cc1)C(O)c1cccnc1. The number of benzene rings is 1. The van der Waals surface area contributed by atoms with Crippen LogP contribution in [0.1, 0.15) is 17.2 Å². The smallest absolute Gasteiger partial charge is 0.334 e. The Hall–Kier alpha value is -2.53. The molecule has 0 fully saturated rings. The van der Waals surface area contributed by atoms with E-state index in [1.54, 1.807) is 12.1 Å². The quantitative estimate of drug-likeness (QED) is 0.839. The highest BCUT2D eigenvalue weighted by molar-refractivity contribution is 5.93. The molecule has 20 heavy (non-hydrogen) atoms. The number of aromatic nitrogens is 1. The number of aliphatic hydroxyl groups excluding tert-OH is 1. The van der Waals surface area contributed by atoms with E-state index in [4.69, 9.17) is 0 Å². The molecular formula is C15H12FNO3. The molecule has 0 amide bonds. The fourth-order valence-electron chi connectivity index (χ4n) is 1.71. The van der Waals surface area contributed by atoms with Gasteiger partial charge in [0, 0.05) is 18.0 Å². The zero-order valence-corrected chi connectivity index (χ0v) is 10.4. The van der Waals surface area contributed by atoms with Crippen LogP contribution in [0.3, 0.4) is 0 Å². The van der Waals surface area contributed by atoms with Gasteiger partial charge in [-0.05, 0) is 29.8 Å². The van der Waals surface area contributed by atoms with Gasteiger partial charge >= 0.3 is 5.97 Å². The molecule has 0 spiro atoms. The highest BCUT2D eigenvalue weighted by Crippen LogP contribution is 2.23. The Bertz CT molecular complexity index is 623. The molecule has 1 unspecified atom stereocenters. The van der Waals surface area contributed by atoms with Gasteiger partial charge < -0.3 is 10.2 Å². The predicted octanol–water partition coefficient (Wildman–Crippen LogP) is 2.42. The van der Waals surface area contributed by atoms with Gasteiger partial charge in [-0.3, -0.25) is 4.98 Å². The van der Waals surface area contributed by atoms with E-state index < -0.39 is 17.9 Å². The highest BCUT2D eigenvalue weighted by atomic mass is 19.1. The van der Waals surface area contributed by atoms with E-state index >= 15 is 0 Å². The molecule has 0 aliphatic rings. The number of pyridine rings is 1. The fourth-order valence-corrected chi connectivity index (χ4v) is 1.71. The van der Waals surface area contributed by atoms with Gasteiger partial charge in [0.15, 0.2) is 0 Å². The second-order valence-corrected chi connectivity index (χ2v) is 4.15. The van der Waals surface area contributed by atoms with E-state index in [-0.39, 0.29) is 5.57 Å². The first-order valence-corrected chi connectivity index (χ1v) is 5.86. The minimum absolute atomic E-state index is 0.204. The van der Waals surface area contributed by atoms with Crippen LogP contribution in [0.15, 0.2) is 54.4 Å². The maximum Gasteiger partial charge on any atom is 0.334 e. The average molecular weight is 273 g/mol. The second-order valence-electron chi connectivity index (χ2n) is 4.15. The van der Waals surface area contributed by atoms with E-state index in [1.807, 2.05) is 0 Å². The Labute approximate surface area is 114 Å². The monoisotopic (exact) mass is 273 g/mol. The summed E-state index contributed by atoms with van der Waals surface area (Å²) < 4.78 is 12.8. The third kappa shape index (κ3) is 3.27. The molecule has 2 N–H and O–H groups in total. The summed E-state index contributed by atoms with van der Waals surface area (Å²) in [5, 5.41) is 19.3. The lowest BCUT2D eigenvalue weighted by Crippen LogP contribution is -2.11. The first-order valence-electron chi connectivity index (χ1n) is 5.86. The van der Waals surface area contributed by atoms with Crippen molar-refractivity contribution in [3.05, 3.63) is 71.3 Å². The summed E-state index contributed by atoms with van der Waals surface area (Å²) in [4.78, 5) is 15.1. The maximum atomic E-state index is 12.8. The van der Waals surface area contributed by atoms with Gasteiger partial charge in [0.1, 0.15) is 11.9 Å². The topological polar surface area (TPSA) is 70.4 Å². The molecule has 1 aromatic heterocycles. The summed E-state index contributed by atoms with van der Waals surface area (Å²) >= 11 is 0. The van der Waals surface area contributed by atoms with Crippen LogP contribution in [-0.2, 0) is 4.79 Å². The Kier molecular flexibility index (Phi) is 4.22. The van der Waals surface area contributed by atoms with E-state index in [1.165, 1.54) is 42.7 Å². The molecule has 1 atom stereocenters. The van der Waals surface area contributed by atoms with E-state index in [9.17, 15) is 19.4 Å². The minimum atomic E-state index is -1.30. The van der Waals surface area contributed by atoms with Gasteiger partial charge in [-0.15, -0.1) is 0 Å². The normalized spacial score (nSPS) is 13.0. The van der Waals surface area contributed by atoms with Crippen LogP contribution in [0.5, 0.6) is 0 Å². The van der Waals surface area contributed by atoms with E-state index in [2.05, 4.69) is 4.98 Å². The van der Waals surface area contributed by atoms with Crippen LogP contribution in [-0.4, -0.2) is 21.2 Å². The van der Waals surface area contributed by atoms with Crippen molar-refractivity contribution in [3.63, 3.8) is 0 Å². The number of aliphatic hydroxyl groups is 1. The predicted molar refractivity (Wildman–Crippen MR) is 71.2 cm³/mol. The van der Waals surface area contributed by atoms with Gasteiger partial charge in [-0.2, -0.15) is 0 Å². The molecule has 0 saturated heterocycles. The van der Waals surface area contributed by atoms with Gasteiger partial charge in [0.25, 0.3) is 0 Å². The lowest BCUT2D eigenvalue weighted by Gasteiger charge is -2.11. The number of carboxylic acids is 1. The Balaban J connectivity index is 2.36.